The molecule has 6 heteroatoms. The van der Waals surface area contributed by atoms with Crippen LogP contribution in [0.2, 0.25) is 0 Å². The van der Waals surface area contributed by atoms with E-state index in [9.17, 15) is 9.59 Å². The number of rotatable bonds is 7. The van der Waals surface area contributed by atoms with E-state index in [2.05, 4.69) is 5.32 Å². The van der Waals surface area contributed by atoms with Crippen LogP contribution in [0.4, 0.5) is 5.69 Å². The van der Waals surface area contributed by atoms with Gasteiger partial charge in [-0.05, 0) is 54.8 Å². The maximum atomic E-state index is 13.5. The molecule has 4 rings (SSSR count). The fourth-order valence-electron chi connectivity index (χ4n) is 4.60. The monoisotopic (exact) mass is 458 g/mol. The zero-order valence-electron chi connectivity index (χ0n) is 19.8. The molecule has 6 nitrogen and oxygen atoms in total. The van der Waals surface area contributed by atoms with Crippen molar-refractivity contribution >= 4 is 17.5 Å². The van der Waals surface area contributed by atoms with E-state index in [1.807, 2.05) is 79.7 Å². The van der Waals surface area contributed by atoms with Gasteiger partial charge in [0.25, 0.3) is 0 Å². The van der Waals surface area contributed by atoms with Crippen molar-refractivity contribution in [3.8, 4) is 11.5 Å². The van der Waals surface area contributed by atoms with Crippen molar-refractivity contribution in [3.05, 3.63) is 89.5 Å². The molecule has 2 amide bonds. The lowest BCUT2D eigenvalue weighted by Gasteiger charge is -2.41. The van der Waals surface area contributed by atoms with Gasteiger partial charge in [-0.3, -0.25) is 9.59 Å². The Bertz CT molecular complexity index is 1160. The lowest BCUT2D eigenvalue weighted by atomic mass is 9.82. The second-order valence-electron chi connectivity index (χ2n) is 8.44. The summed E-state index contributed by atoms with van der Waals surface area (Å²) in [7, 11) is 3.21. The molecule has 1 saturated heterocycles. The van der Waals surface area contributed by atoms with E-state index in [-0.39, 0.29) is 11.8 Å². The van der Waals surface area contributed by atoms with Gasteiger partial charge in [-0.15, -0.1) is 0 Å². The predicted octanol–water partition coefficient (Wildman–Crippen LogP) is 4.81. The molecule has 3 aromatic rings. The van der Waals surface area contributed by atoms with Gasteiger partial charge in [0.1, 0.15) is 11.5 Å². The number of anilines is 1. The summed E-state index contributed by atoms with van der Waals surface area (Å²) in [6.45, 7) is 2.47. The number of hydrogen-bond donors (Lipinski definition) is 1. The third-order valence-corrected chi connectivity index (χ3v) is 6.46. The number of piperidine rings is 1. The second kappa shape index (κ2) is 10.4. The number of nitrogens with zero attached hydrogens (tertiary/aromatic N) is 1. The summed E-state index contributed by atoms with van der Waals surface area (Å²) >= 11 is 0. The standard InChI is InChI=1S/C28H30N2O4/c1-19-8-4-5-9-20(19)18-29-28(32)24-16-17-26(31)30(21-12-14-22(33-2)15-13-21)27(24)23-10-6-7-11-25(23)34-3/h4-15,24,27H,16-18H2,1-3H3,(H,29,32). The molecule has 1 N–H and O–H groups in total. The van der Waals surface area contributed by atoms with Gasteiger partial charge >= 0.3 is 0 Å². The number of carbonyl (C=O) groups is 2. The van der Waals surface area contributed by atoms with Crippen LogP contribution in [0, 0.1) is 12.8 Å². The Hall–Kier alpha value is -3.80. The molecule has 0 radical (unpaired) electrons. The molecule has 1 heterocycles. The quantitative estimate of drug-likeness (QED) is 0.552. The molecule has 1 aliphatic heterocycles. The van der Waals surface area contributed by atoms with Gasteiger partial charge in [-0.1, -0.05) is 42.5 Å². The Kier molecular flexibility index (Phi) is 7.16. The predicted molar refractivity (Wildman–Crippen MR) is 132 cm³/mol. The van der Waals surface area contributed by atoms with Gasteiger partial charge in [-0.2, -0.15) is 0 Å². The number of carbonyl (C=O) groups excluding carboxylic acids is 2. The minimum absolute atomic E-state index is 0.0240. The molecular formula is C28H30N2O4. The van der Waals surface area contributed by atoms with Crippen LogP contribution >= 0.6 is 0 Å². The molecule has 1 fully saturated rings. The number of hydrogen-bond acceptors (Lipinski definition) is 4. The Balaban J connectivity index is 1.71. The fraction of sp³-hybridized carbons (Fsp3) is 0.286. The van der Waals surface area contributed by atoms with Crippen molar-refractivity contribution < 1.29 is 19.1 Å². The highest BCUT2D eigenvalue weighted by atomic mass is 16.5. The number of para-hydroxylation sites is 1. The van der Waals surface area contributed by atoms with E-state index >= 15 is 0 Å². The normalized spacial score (nSPS) is 17.9. The van der Waals surface area contributed by atoms with Gasteiger partial charge in [-0.25, -0.2) is 0 Å². The lowest BCUT2D eigenvalue weighted by Crippen LogP contribution is -2.48. The van der Waals surface area contributed by atoms with Crippen molar-refractivity contribution in [2.24, 2.45) is 5.92 Å². The van der Waals surface area contributed by atoms with E-state index < -0.39 is 12.0 Å². The smallest absolute Gasteiger partial charge is 0.227 e. The highest BCUT2D eigenvalue weighted by Gasteiger charge is 2.42. The molecule has 0 spiro atoms. The minimum atomic E-state index is -0.498. The van der Waals surface area contributed by atoms with Crippen molar-refractivity contribution in [2.75, 3.05) is 19.1 Å². The summed E-state index contributed by atoms with van der Waals surface area (Å²) in [5, 5.41) is 3.11. The highest BCUT2D eigenvalue weighted by Crippen LogP contribution is 2.43. The molecule has 0 aliphatic carbocycles. The van der Waals surface area contributed by atoms with E-state index in [1.165, 1.54) is 0 Å². The highest BCUT2D eigenvalue weighted by molar-refractivity contribution is 5.97. The molecule has 0 saturated carbocycles. The van der Waals surface area contributed by atoms with Crippen LogP contribution in [0.25, 0.3) is 0 Å². The SMILES string of the molecule is COc1ccc(N2C(=O)CCC(C(=O)NCc3ccccc3C)C2c2ccccc2OC)cc1. The number of aryl methyl sites for hydroxylation is 1. The summed E-state index contributed by atoms with van der Waals surface area (Å²) in [6, 6.07) is 22.4. The zero-order chi connectivity index (χ0) is 24.1. The molecule has 1 aliphatic rings. The van der Waals surface area contributed by atoms with Gasteiger partial charge in [0, 0.05) is 24.2 Å². The van der Waals surface area contributed by atoms with E-state index in [4.69, 9.17) is 9.47 Å². The van der Waals surface area contributed by atoms with Crippen LogP contribution < -0.4 is 19.7 Å². The van der Waals surface area contributed by atoms with Gasteiger partial charge in [0.15, 0.2) is 0 Å². The first kappa shape index (κ1) is 23.4. The molecule has 34 heavy (non-hydrogen) atoms. The molecule has 0 aromatic heterocycles. The number of ether oxygens (including phenoxy) is 2. The Morgan fingerprint density at radius 1 is 0.971 bits per heavy atom. The van der Waals surface area contributed by atoms with Crippen LogP contribution in [0.5, 0.6) is 11.5 Å². The number of benzene rings is 3. The maximum absolute atomic E-state index is 13.5. The summed E-state index contributed by atoms with van der Waals surface area (Å²) < 4.78 is 10.9. The molecule has 2 unspecified atom stereocenters. The summed E-state index contributed by atoms with van der Waals surface area (Å²) in [5.74, 6) is 0.821. The second-order valence-corrected chi connectivity index (χ2v) is 8.44. The van der Waals surface area contributed by atoms with Gasteiger partial charge < -0.3 is 19.7 Å². The van der Waals surface area contributed by atoms with Crippen LogP contribution in [-0.2, 0) is 16.1 Å². The Morgan fingerprint density at radius 3 is 2.38 bits per heavy atom. The third kappa shape index (κ3) is 4.76. The molecule has 3 aromatic carbocycles. The van der Waals surface area contributed by atoms with Crippen LogP contribution in [0.15, 0.2) is 72.8 Å². The minimum Gasteiger partial charge on any atom is -0.497 e. The Labute approximate surface area is 200 Å². The van der Waals surface area contributed by atoms with E-state index in [0.717, 1.165) is 22.4 Å². The first-order valence-corrected chi connectivity index (χ1v) is 11.4. The van der Waals surface area contributed by atoms with Crippen molar-refractivity contribution in [1.29, 1.82) is 0 Å². The van der Waals surface area contributed by atoms with Gasteiger partial charge in [0.2, 0.25) is 11.8 Å². The van der Waals surface area contributed by atoms with Crippen molar-refractivity contribution in [3.63, 3.8) is 0 Å². The van der Waals surface area contributed by atoms with Crippen LogP contribution in [-0.4, -0.2) is 26.0 Å². The fourth-order valence-corrected chi connectivity index (χ4v) is 4.60. The van der Waals surface area contributed by atoms with Gasteiger partial charge in [0.05, 0.1) is 26.2 Å². The summed E-state index contributed by atoms with van der Waals surface area (Å²) in [6.07, 6.45) is 0.758. The lowest BCUT2D eigenvalue weighted by molar-refractivity contribution is -0.129. The average molecular weight is 459 g/mol. The maximum Gasteiger partial charge on any atom is 0.227 e. The van der Waals surface area contributed by atoms with E-state index in [1.54, 1.807) is 19.1 Å². The number of nitrogens with one attached hydrogen (secondary N) is 1. The molecule has 2 atom stereocenters. The molecule has 0 bridgehead atoms. The Morgan fingerprint density at radius 2 is 1.68 bits per heavy atom. The average Bonchev–Trinajstić information content (AvgIpc) is 2.88. The van der Waals surface area contributed by atoms with E-state index in [0.29, 0.717) is 30.9 Å². The number of amides is 2. The summed E-state index contributed by atoms with van der Waals surface area (Å²) in [5.41, 5.74) is 3.73. The summed E-state index contributed by atoms with van der Waals surface area (Å²) in [4.78, 5) is 28.5. The van der Waals surface area contributed by atoms with Crippen LogP contribution in [0.3, 0.4) is 0 Å². The largest absolute Gasteiger partial charge is 0.497 e. The molecule has 176 valence electrons. The first-order valence-electron chi connectivity index (χ1n) is 11.4. The topological polar surface area (TPSA) is 67.9 Å². The number of methoxy groups -OCH3 is 2. The zero-order valence-corrected chi connectivity index (χ0v) is 19.8. The molecular weight excluding hydrogens is 428 g/mol. The third-order valence-electron chi connectivity index (χ3n) is 6.46. The van der Waals surface area contributed by atoms with Crippen molar-refractivity contribution in [1.82, 2.24) is 5.32 Å². The van der Waals surface area contributed by atoms with Crippen LogP contribution in [0.1, 0.15) is 35.6 Å². The van der Waals surface area contributed by atoms with Crippen molar-refractivity contribution in [2.45, 2.75) is 32.4 Å². The first-order chi connectivity index (χ1) is 16.5.